The fourth-order valence-electron chi connectivity index (χ4n) is 4.10. The van der Waals surface area contributed by atoms with E-state index in [9.17, 15) is 23.4 Å². The van der Waals surface area contributed by atoms with E-state index in [0.29, 0.717) is 23.7 Å². The minimum absolute atomic E-state index is 0.00272. The van der Waals surface area contributed by atoms with Crippen molar-refractivity contribution in [1.82, 2.24) is 5.32 Å². The van der Waals surface area contributed by atoms with Gasteiger partial charge in [0.15, 0.2) is 0 Å². The van der Waals surface area contributed by atoms with Crippen molar-refractivity contribution in [3.05, 3.63) is 119 Å². The van der Waals surface area contributed by atoms with Crippen LogP contribution >= 0.6 is 11.6 Å². The molecule has 0 aromatic heterocycles. The lowest BCUT2D eigenvalue weighted by Crippen LogP contribution is -2.32. The summed E-state index contributed by atoms with van der Waals surface area (Å²) in [5.74, 6) is -0.652. The number of hydrogen-bond acceptors (Lipinski definition) is 6. The predicted molar refractivity (Wildman–Crippen MR) is 149 cm³/mol. The zero-order valence-electron chi connectivity index (χ0n) is 21.1. The van der Waals surface area contributed by atoms with Gasteiger partial charge in [-0.3, -0.25) is 0 Å². The lowest BCUT2D eigenvalue weighted by molar-refractivity contribution is 0.0692. The molecular formula is C30H28ClNO6S. The van der Waals surface area contributed by atoms with Crippen LogP contribution in [0.15, 0.2) is 107 Å². The Kier molecular flexibility index (Phi) is 9.04. The Morgan fingerprint density at radius 2 is 1.64 bits per heavy atom. The molecule has 0 heterocycles. The second kappa shape index (κ2) is 12.4. The second-order valence-electron chi connectivity index (χ2n) is 9.11. The van der Waals surface area contributed by atoms with E-state index in [4.69, 9.17) is 16.3 Å². The third-order valence-electron chi connectivity index (χ3n) is 6.12. The summed E-state index contributed by atoms with van der Waals surface area (Å²) in [7, 11) is -4.10. The standard InChI is InChI=1S/C30H28ClNO6S/c1-20(32-19-28(33)22-6-5-7-23(31)17-22)16-21-10-13-26(14-11-21)39(36,37)29-15-12-25(18-27(29)30(34)35)38-24-8-3-2-4-9-24/h2-15,17-18,20,28,32-33H,16,19H2,1H3,(H,34,35)/t20-,28+/m1/s1. The molecule has 7 nitrogen and oxygen atoms in total. The van der Waals surface area contributed by atoms with Gasteiger partial charge >= 0.3 is 5.97 Å². The number of carboxylic acids is 1. The molecular weight excluding hydrogens is 538 g/mol. The van der Waals surface area contributed by atoms with Gasteiger partial charge < -0.3 is 20.3 Å². The fourth-order valence-corrected chi connectivity index (χ4v) is 5.73. The smallest absolute Gasteiger partial charge is 0.337 e. The molecule has 0 aliphatic rings. The van der Waals surface area contributed by atoms with E-state index in [0.717, 1.165) is 11.1 Å². The van der Waals surface area contributed by atoms with Crippen molar-refractivity contribution < 1.29 is 28.2 Å². The third kappa shape index (κ3) is 7.25. The zero-order valence-corrected chi connectivity index (χ0v) is 22.7. The summed E-state index contributed by atoms with van der Waals surface area (Å²) >= 11 is 5.99. The Balaban J connectivity index is 1.44. The number of halogens is 1. The maximum atomic E-state index is 13.3. The molecule has 4 aromatic carbocycles. The van der Waals surface area contributed by atoms with E-state index in [1.165, 1.54) is 30.3 Å². The molecule has 9 heteroatoms. The van der Waals surface area contributed by atoms with Crippen molar-refractivity contribution in [3.8, 4) is 11.5 Å². The fraction of sp³-hybridized carbons (Fsp3) is 0.167. The number of hydrogen-bond donors (Lipinski definition) is 3. The Bertz CT molecular complexity index is 1540. The molecule has 0 spiro atoms. The minimum atomic E-state index is -4.10. The molecule has 0 amide bonds. The summed E-state index contributed by atoms with van der Waals surface area (Å²) < 4.78 is 32.4. The van der Waals surface area contributed by atoms with Crippen LogP contribution in [-0.4, -0.2) is 37.2 Å². The predicted octanol–water partition coefficient (Wildman–Crippen LogP) is 5.92. The van der Waals surface area contributed by atoms with Gasteiger partial charge in [-0.25, -0.2) is 13.2 Å². The van der Waals surface area contributed by atoms with Crippen molar-refractivity contribution in [1.29, 1.82) is 0 Å². The quantitative estimate of drug-likeness (QED) is 0.207. The topological polar surface area (TPSA) is 113 Å². The van der Waals surface area contributed by atoms with E-state index in [1.54, 1.807) is 54.6 Å². The van der Waals surface area contributed by atoms with Gasteiger partial charge in [-0.2, -0.15) is 0 Å². The number of para-hydroxylation sites is 1. The molecule has 0 aliphatic carbocycles. The first kappa shape index (κ1) is 28.3. The molecule has 0 saturated carbocycles. The van der Waals surface area contributed by atoms with Gasteiger partial charge in [-0.15, -0.1) is 0 Å². The number of ether oxygens (including phenoxy) is 1. The second-order valence-corrected chi connectivity index (χ2v) is 11.5. The molecule has 3 N–H and O–H groups in total. The van der Waals surface area contributed by atoms with Crippen LogP contribution in [0.5, 0.6) is 11.5 Å². The van der Waals surface area contributed by atoms with Crippen LogP contribution in [0, 0.1) is 0 Å². The number of carbonyl (C=O) groups is 1. The first-order valence-electron chi connectivity index (χ1n) is 12.2. The molecule has 0 bridgehead atoms. The van der Waals surface area contributed by atoms with E-state index < -0.39 is 21.9 Å². The van der Waals surface area contributed by atoms with Gasteiger partial charge in [-0.05, 0) is 79.1 Å². The first-order chi connectivity index (χ1) is 18.6. The van der Waals surface area contributed by atoms with Gasteiger partial charge in [-0.1, -0.05) is 54.1 Å². The van der Waals surface area contributed by atoms with Crippen molar-refractivity contribution in [2.24, 2.45) is 0 Å². The Morgan fingerprint density at radius 1 is 0.923 bits per heavy atom. The monoisotopic (exact) mass is 565 g/mol. The average molecular weight is 566 g/mol. The highest BCUT2D eigenvalue weighted by Crippen LogP contribution is 2.30. The highest BCUT2D eigenvalue weighted by molar-refractivity contribution is 7.91. The lowest BCUT2D eigenvalue weighted by Gasteiger charge is -2.18. The Labute approximate surface area is 232 Å². The molecule has 0 unspecified atom stereocenters. The van der Waals surface area contributed by atoms with Crippen LogP contribution in [0.1, 0.15) is 34.5 Å². The van der Waals surface area contributed by atoms with Crippen LogP contribution in [0.3, 0.4) is 0 Å². The van der Waals surface area contributed by atoms with E-state index in [2.05, 4.69) is 5.32 Å². The summed E-state index contributed by atoms with van der Waals surface area (Å²) in [5.41, 5.74) is 1.23. The van der Waals surface area contributed by atoms with Crippen molar-refractivity contribution in [2.45, 2.75) is 35.3 Å². The number of aromatic carboxylic acids is 1. The molecule has 0 saturated heterocycles. The van der Waals surface area contributed by atoms with E-state index in [1.807, 2.05) is 19.1 Å². The number of sulfone groups is 1. The summed E-state index contributed by atoms with van der Waals surface area (Å²) in [5, 5.41) is 24.0. The molecule has 4 aromatic rings. The number of nitrogens with one attached hydrogen (secondary N) is 1. The SMILES string of the molecule is C[C@H](Cc1ccc(S(=O)(=O)c2ccc(Oc3ccccc3)cc2C(=O)O)cc1)NC[C@H](O)c1cccc(Cl)c1. The van der Waals surface area contributed by atoms with E-state index in [-0.39, 0.29) is 27.1 Å². The number of benzene rings is 4. The van der Waals surface area contributed by atoms with E-state index >= 15 is 0 Å². The number of carboxylic acid groups (broad SMARTS) is 1. The zero-order chi connectivity index (χ0) is 28.0. The molecule has 202 valence electrons. The molecule has 0 fully saturated rings. The highest BCUT2D eigenvalue weighted by atomic mass is 35.5. The van der Waals surface area contributed by atoms with Crippen LogP contribution in [-0.2, 0) is 16.3 Å². The van der Waals surface area contributed by atoms with Crippen LogP contribution in [0.25, 0.3) is 0 Å². The van der Waals surface area contributed by atoms with Crippen LogP contribution < -0.4 is 10.1 Å². The van der Waals surface area contributed by atoms with Crippen LogP contribution in [0.4, 0.5) is 0 Å². The maximum absolute atomic E-state index is 13.3. The molecule has 0 aliphatic heterocycles. The highest BCUT2D eigenvalue weighted by Gasteiger charge is 2.25. The molecule has 39 heavy (non-hydrogen) atoms. The first-order valence-corrected chi connectivity index (χ1v) is 14.1. The molecule has 4 rings (SSSR count). The van der Waals surface area contributed by atoms with Crippen molar-refractivity contribution in [2.75, 3.05) is 6.54 Å². The van der Waals surface area contributed by atoms with Crippen molar-refractivity contribution in [3.63, 3.8) is 0 Å². The van der Waals surface area contributed by atoms with Gasteiger partial charge in [0, 0.05) is 17.6 Å². The maximum Gasteiger partial charge on any atom is 0.337 e. The number of rotatable bonds is 11. The number of aliphatic hydroxyl groups excluding tert-OH is 1. The summed E-state index contributed by atoms with van der Waals surface area (Å²) in [6.45, 7) is 2.30. The van der Waals surface area contributed by atoms with Crippen LogP contribution in [0.2, 0.25) is 5.02 Å². The summed E-state index contributed by atoms with van der Waals surface area (Å²) in [4.78, 5) is 11.6. The van der Waals surface area contributed by atoms with Gasteiger partial charge in [0.25, 0.3) is 0 Å². The number of aliphatic hydroxyl groups is 1. The Hall–Kier alpha value is -3.69. The average Bonchev–Trinajstić information content (AvgIpc) is 2.92. The van der Waals surface area contributed by atoms with Gasteiger partial charge in [0.1, 0.15) is 11.5 Å². The van der Waals surface area contributed by atoms with Gasteiger partial charge in [0.05, 0.1) is 21.5 Å². The summed E-state index contributed by atoms with van der Waals surface area (Å²) in [6, 6.07) is 26.1. The normalized spacial score (nSPS) is 13.0. The lowest BCUT2D eigenvalue weighted by atomic mass is 10.1. The largest absolute Gasteiger partial charge is 0.478 e. The minimum Gasteiger partial charge on any atom is -0.478 e. The Morgan fingerprint density at radius 3 is 2.31 bits per heavy atom. The summed E-state index contributed by atoms with van der Waals surface area (Å²) in [6.07, 6.45) is -0.124. The van der Waals surface area contributed by atoms with Gasteiger partial charge in [0.2, 0.25) is 9.84 Å². The molecule has 0 radical (unpaired) electrons. The molecule has 2 atom stereocenters. The van der Waals surface area contributed by atoms with Crippen molar-refractivity contribution >= 4 is 27.4 Å². The third-order valence-corrected chi connectivity index (χ3v) is 8.18.